The first kappa shape index (κ1) is 46.6. The van der Waals surface area contributed by atoms with Crippen molar-refractivity contribution in [1.82, 2.24) is 34.8 Å². The van der Waals surface area contributed by atoms with Crippen molar-refractivity contribution < 1.29 is 28.8 Å². The SMILES string of the molecule is CN(C)c1nc(N/N=C/c2cc([N+](=O)[O-])ccc2O)nc(Nc2ccc(F)cc2)n1.COc1ccc(/C=N/Nc2nc(Nc3ccc([N+](=O)[O-])cc3)nc(N3CCN(C)CC3)n2)cc1OC. The number of methoxy groups -OCH3 is 2. The fourth-order valence-corrected chi connectivity index (χ4v) is 5.76. The molecule has 0 spiro atoms. The number of nitrogens with one attached hydrogen (secondary N) is 4. The second-order valence-electron chi connectivity index (χ2n) is 14.2. The predicted molar refractivity (Wildman–Crippen MR) is 246 cm³/mol. The zero-order valence-corrected chi connectivity index (χ0v) is 36.2. The summed E-state index contributed by atoms with van der Waals surface area (Å²) in [5.41, 5.74) is 7.39. The molecular weight excluding hydrogens is 862 g/mol. The van der Waals surface area contributed by atoms with Crippen LogP contribution in [0.4, 0.5) is 62.8 Å². The fourth-order valence-electron chi connectivity index (χ4n) is 5.76. The molecule has 24 nitrogen and oxygen atoms in total. The molecule has 0 bridgehead atoms. The van der Waals surface area contributed by atoms with Crippen LogP contribution in [0, 0.1) is 26.0 Å². The van der Waals surface area contributed by atoms with E-state index in [2.05, 4.69) is 78.4 Å². The Labute approximate surface area is 376 Å². The predicted octanol–water partition coefficient (Wildman–Crippen LogP) is 5.62. The van der Waals surface area contributed by atoms with Crippen LogP contribution in [0.5, 0.6) is 17.2 Å². The average Bonchev–Trinajstić information content (AvgIpc) is 3.30. The van der Waals surface area contributed by atoms with E-state index in [-0.39, 0.29) is 52.3 Å². The van der Waals surface area contributed by atoms with Gasteiger partial charge in [0, 0.05) is 81.5 Å². The number of halogens is 1. The highest BCUT2D eigenvalue weighted by Gasteiger charge is 2.19. The molecule has 7 rings (SSSR count). The summed E-state index contributed by atoms with van der Waals surface area (Å²) in [5, 5.41) is 45.9. The third-order valence-electron chi connectivity index (χ3n) is 9.24. The molecule has 1 fully saturated rings. The van der Waals surface area contributed by atoms with Crippen molar-refractivity contribution in [1.29, 1.82) is 0 Å². The number of anilines is 8. The van der Waals surface area contributed by atoms with Crippen LogP contribution in [0.1, 0.15) is 11.1 Å². The Morgan fingerprint density at radius 3 is 1.85 bits per heavy atom. The molecular formula is C41H44FN17O7. The molecule has 2 aromatic heterocycles. The zero-order valence-electron chi connectivity index (χ0n) is 36.2. The number of ether oxygens (including phenoxy) is 2. The van der Waals surface area contributed by atoms with Crippen LogP contribution in [0.15, 0.2) is 95.1 Å². The summed E-state index contributed by atoms with van der Waals surface area (Å²) in [6.45, 7) is 3.31. The minimum absolute atomic E-state index is 0.00109. The van der Waals surface area contributed by atoms with Gasteiger partial charge in [-0.3, -0.25) is 20.2 Å². The Morgan fingerprint density at radius 2 is 1.24 bits per heavy atom. The topological polar surface area (TPSA) is 285 Å². The van der Waals surface area contributed by atoms with Crippen molar-refractivity contribution in [2.45, 2.75) is 0 Å². The lowest BCUT2D eigenvalue weighted by atomic mass is 10.2. The average molecular weight is 906 g/mol. The van der Waals surface area contributed by atoms with Gasteiger partial charge < -0.3 is 39.9 Å². The van der Waals surface area contributed by atoms with Crippen LogP contribution < -0.4 is 40.8 Å². The van der Waals surface area contributed by atoms with E-state index in [1.807, 2.05) is 6.07 Å². The smallest absolute Gasteiger partial charge is 0.270 e. The van der Waals surface area contributed by atoms with E-state index >= 15 is 0 Å². The van der Waals surface area contributed by atoms with Crippen LogP contribution in [0.2, 0.25) is 0 Å². The summed E-state index contributed by atoms with van der Waals surface area (Å²) < 4.78 is 23.7. The summed E-state index contributed by atoms with van der Waals surface area (Å²) in [5.74, 6) is 2.32. The van der Waals surface area contributed by atoms with Gasteiger partial charge >= 0.3 is 0 Å². The molecule has 1 saturated heterocycles. The van der Waals surface area contributed by atoms with Crippen molar-refractivity contribution in [2.75, 3.05) is 92.8 Å². The quantitative estimate of drug-likeness (QED) is 0.0447. The first-order valence-electron chi connectivity index (χ1n) is 19.7. The number of benzene rings is 4. The van der Waals surface area contributed by atoms with E-state index in [1.54, 1.807) is 63.7 Å². The lowest BCUT2D eigenvalue weighted by Gasteiger charge is -2.32. The molecule has 0 atom stereocenters. The molecule has 0 amide bonds. The maximum absolute atomic E-state index is 13.1. The number of aromatic hydroxyl groups is 1. The molecule has 342 valence electrons. The van der Waals surface area contributed by atoms with Crippen LogP contribution in [-0.2, 0) is 0 Å². The number of nitrogens with zero attached hydrogens (tertiary/aromatic N) is 13. The molecule has 25 heteroatoms. The van der Waals surface area contributed by atoms with Gasteiger partial charge in [0.1, 0.15) is 11.6 Å². The number of phenols is 1. The molecule has 0 saturated carbocycles. The van der Waals surface area contributed by atoms with Crippen LogP contribution in [0.25, 0.3) is 0 Å². The summed E-state index contributed by atoms with van der Waals surface area (Å²) in [4.78, 5) is 52.9. The normalized spacial score (nSPS) is 12.5. The minimum Gasteiger partial charge on any atom is -0.507 e. The van der Waals surface area contributed by atoms with E-state index in [0.717, 1.165) is 31.7 Å². The van der Waals surface area contributed by atoms with Gasteiger partial charge in [-0.15, -0.1) is 0 Å². The van der Waals surface area contributed by atoms with E-state index in [0.29, 0.717) is 34.8 Å². The summed E-state index contributed by atoms with van der Waals surface area (Å²) in [6, 6.07) is 20.7. The van der Waals surface area contributed by atoms with Crippen molar-refractivity contribution in [3.05, 3.63) is 122 Å². The number of hydrazone groups is 2. The monoisotopic (exact) mass is 905 g/mol. The van der Waals surface area contributed by atoms with Gasteiger partial charge in [0.25, 0.3) is 11.4 Å². The zero-order chi connectivity index (χ0) is 47.2. The van der Waals surface area contributed by atoms with Crippen LogP contribution in [-0.4, -0.2) is 124 Å². The van der Waals surface area contributed by atoms with Crippen molar-refractivity contribution >= 4 is 70.9 Å². The van der Waals surface area contributed by atoms with Crippen molar-refractivity contribution in [3.63, 3.8) is 0 Å². The van der Waals surface area contributed by atoms with Gasteiger partial charge in [-0.25, -0.2) is 15.2 Å². The molecule has 4 aromatic carbocycles. The Morgan fingerprint density at radius 1 is 0.697 bits per heavy atom. The van der Waals surface area contributed by atoms with E-state index in [4.69, 9.17) is 9.47 Å². The minimum atomic E-state index is -0.576. The Bertz CT molecular complexity index is 2690. The van der Waals surface area contributed by atoms with E-state index in [9.17, 15) is 29.7 Å². The number of aromatic nitrogens is 6. The third-order valence-corrected chi connectivity index (χ3v) is 9.24. The Hall–Kier alpha value is -8.87. The third kappa shape index (κ3) is 13.1. The standard InChI is InChI=1S/C23H27N9O4.C18H17FN8O3/c1-30-10-12-31(13-11-30)23-27-21(25-17-5-7-18(8-6-17)32(33)34)26-22(28-23)29-24-15-16-4-9-19(35-2)20(14-16)36-3;1-26(2)18-23-16(21-13-5-3-12(19)4-6-13)22-17(24-18)25-20-10-11-9-14(27(29)30)7-8-15(11)28/h4-9,14-15H,10-13H2,1-3H3,(H2,25,26,27,28,29);3-10,28H,1-2H3,(H2,21,22,23,24,25)/b24-15+;20-10+. The van der Waals surface area contributed by atoms with Gasteiger partial charge in [-0.1, -0.05) is 0 Å². The number of nitro benzene ring substituents is 2. The molecule has 5 N–H and O–H groups in total. The summed E-state index contributed by atoms with van der Waals surface area (Å²) in [6.07, 6.45) is 2.82. The van der Waals surface area contributed by atoms with Gasteiger partial charge in [-0.05, 0) is 73.3 Å². The second kappa shape index (κ2) is 22.0. The number of hydrogen-bond acceptors (Lipinski definition) is 22. The van der Waals surface area contributed by atoms with E-state index in [1.165, 1.54) is 60.8 Å². The highest BCUT2D eigenvalue weighted by molar-refractivity contribution is 5.85. The van der Waals surface area contributed by atoms with E-state index < -0.39 is 9.85 Å². The van der Waals surface area contributed by atoms with Gasteiger partial charge in [0.2, 0.25) is 35.7 Å². The number of likely N-dealkylation sites (N-methyl/N-ethyl adjacent to an activating group) is 1. The molecule has 6 aromatic rings. The molecule has 0 radical (unpaired) electrons. The Balaban J connectivity index is 0.000000222. The Kier molecular flexibility index (Phi) is 15.5. The van der Waals surface area contributed by atoms with Crippen LogP contribution >= 0.6 is 0 Å². The van der Waals surface area contributed by atoms with Gasteiger partial charge in [0.15, 0.2) is 11.5 Å². The highest BCUT2D eigenvalue weighted by Crippen LogP contribution is 2.27. The molecule has 1 aliphatic rings. The van der Waals surface area contributed by atoms with Crippen molar-refractivity contribution in [2.24, 2.45) is 10.2 Å². The maximum Gasteiger partial charge on any atom is 0.270 e. The molecule has 1 aliphatic heterocycles. The molecule has 3 heterocycles. The van der Waals surface area contributed by atoms with Gasteiger partial charge in [0.05, 0.1) is 36.5 Å². The molecule has 0 unspecified atom stereocenters. The summed E-state index contributed by atoms with van der Waals surface area (Å²) in [7, 11) is 8.70. The number of rotatable bonds is 16. The number of non-ortho nitro benzene ring substituents is 2. The first-order chi connectivity index (χ1) is 31.8. The van der Waals surface area contributed by atoms with Gasteiger partial charge in [-0.2, -0.15) is 40.1 Å². The van der Waals surface area contributed by atoms with Crippen molar-refractivity contribution in [3.8, 4) is 17.2 Å². The maximum atomic E-state index is 13.1. The largest absolute Gasteiger partial charge is 0.507 e. The summed E-state index contributed by atoms with van der Waals surface area (Å²) >= 11 is 0. The number of hydrogen-bond donors (Lipinski definition) is 5. The molecule has 0 aliphatic carbocycles. The number of nitro groups is 2. The lowest BCUT2D eigenvalue weighted by molar-refractivity contribution is -0.385. The number of piperazine rings is 1. The number of phenolic OH excluding ortho intramolecular Hbond substituents is 1. The fraction of sp³-hybridized carbons (Fsp3) is 0.220. The highest BCUT2D eigenvalue weighted by atomic mass is 19.1. The lowest BCUT2D eigenvalue weighted by Crippen LogP contribution is -2.45. The molecule has 66 heavy (non-hydrogen) atoms. The second-order valence-corrected chi connectivity index (χ2v) is 14.2. The first-order valence-corrected chi connectivity index (χ1v) is 19.7. The van der Waals surface area contributed by atoms with Crippen LogP contribution in [0.3, 0.4) is 0 Å².